The Balaban J connectivity index is 1.39. The lowest BCUT2D eigenvalue weighted by molar-refractivity contribution is 0.0938. The number of hydrogen-bond donors (Lipinski definition) is 1. The van der Waals surface area contributed by atoms with Crippen LogP contribution in [0.1, 0.15) is 59.2 Å². The van der Waals surface area contributed by atoms with Gasteiger partial charge in [0.15, 0.2) is 5.76 Å². The van der Waals surface area contributed by atoms with Gasteiger partial charge in [0.1, 0.15) is 11.6 Å². The Hall–Kier alpha value is -3.09. The van der Waals surface area contributed by atoms with Crippen LogP contribution in [0.15, 0.2) is 41.1 Å². The Labute approximate surface area is 174 Å². The maximum Gasteiger partial charge on any atom is 0.254 e. The molecule has 0 unspecified atom stereocenters. The van der Waals surface area contributed by atoms with Crippen LogP contribution < -0.4 is 5.32 Å². The maximum absolute atomic E-state index is 13.8. The van der Waals surface area contributed by atoms with Crippen molar-refractivity contribution in [3.8, 4) is 11.3 Å². The van der Waals surface area contributed by atoms with Crippen LogP contribution in [0.25, 0.3) is 11.3 Å². The van der Waals surface area contributed by atoms with Crippen molar-refractivity contribution in [2.24, 2.45) is 5.92 Å². The lowest BCUT2D eigenvalue weighted by Crippen LogP contribution is -2.31. The molecule has 0 atom stereocenters. The molecule has 1 aliphatic rings. The van der Waals surface area contributed by atoms with E-state index in [0.29, 0.717) is 24.1 Å². The van der Waals surface area contributed by atoms with Gasteiger partial charge in [-0.25, -0.2) is 14.4 Å². The Morgan fingerprint density at radius 3 is 2.67 bits per heavy atom. The first kappa shape index (κ1) is 20.2. The minimum atomic E-state index is -0.493. The second kappa shape index (κ2) is 8.73. The fourth-order valence-electron chi connectivity index (χ4n) is 4.10. The van der Waals surface area contributed by atoms with Gasteiger partial charge in [-0.15, -0.1) is 0 Å². The first-order valence-corrected chi connectivity index (χ1v) is 10.3. The number of aryl methyl sites for hydroxylation is 2. The van der Waals surface area contributed by atoms with Gasteiger partial charge in [-0.05, 0) is 57.6 Å². The number of nitrogens with one attached hydrogen (secondary N) is 1. The number of carbonyl (C=O) groups is 1. The zero-order valence-corrected chi connectivity index (χ0v) is 17.2. The predicted molar refractivity (Wildman–Crippen MR) is 110 cm³/mol. The van der Waals surface area contributed by atoms with Gasteiger partial charge >= 0.3 is 0 Å². The summed E-state index contributed by atoms with van der Waals surface area (Å²) < 4.78 is 19.2. The Kier molecular flexibility index (Phi) is 5.88. The van der Waals surface area contributed by atoms with E-state index in [1.54, 1.807) is 12.1 Å². The summed E-state index contributed by atoms with van der Waals surface area (Å²) in [5, 5.41) is 6.87. The molecule has 1 aromatic carbocycles. The highest BCUT2D eigenvalue weighted by Crippen LogP contribution is 2.38. The SMILES string of the molecule is Cc1cc(-c2cnc(C)nc2C2CCC(CNC(=O)c3ccccc3F)CC2)on1. The molecular formula is C23H25FN4O2. The summed E-state index contributed by atoms with van der Waals surface area (Å²) in [6, 6.07) is 7.96. The van der Waals surface area contributed by atoms with Crippen LogP contribution in [0, 0.1) is 25.6 Å². The molecule has 2 aromatic heterocycles. The molecule has 0 spiro atoms. The minimum absolute atomic E-state index is 0.0923. The molecule has 0 radical (unpaired) electrons. The van der Waals surface area contributed by atoms with E-state index in [1.165, 1.54) is 12.1 Å². The molecular weight excluding hydrogens is 383 g/mol. The smallest absolute Gasteiger partial charge is 0.254 e. The van der Waals surface area contributed by atoms with Crippen LogP contribution in [-0.2, 0) is 0 Å². The average Bonchev–Trinajstić information content (AvgIpc) is 3.19. The number of hydrogen-bond acceptors (Lipinski definition) is 5. The number of rotatable bonds is 5. The molecule has 156 valence electrons. The van der Waals surface area contributed by atoms with Gasteiger partial charge in [0.05, 0.1) is 22.5 Å². The van der Waals surface area contributed by atoms with E-state index in [0.717, 1.165) is 48.5 Å². The second-order valence-corrected chi connectivity index (χ2v) is 7.96. The standard InChI is InChI=1S/C23H25FN4O2/c1-14-11-21(30-28-14)19-13-25-15(2)27-22(19)17-9-7-16(8-10-17)12-26-23(29)18-5-3-4-6-20(18)24/h3-6,11,13,16-17H,7-10,12H2,1-2H3,(H,26,29). The molecule has 7 heteroatoms. The van der Waals surface area contributed by atoms with Gasteiger partial charge in [-0.3, -0.25) is 4.79 Å². The van der Waals surface area contributed by atoms with Crippen molar-refractivity contribution in [3.05, 3.63) is 65.1 Å². The van der Waals surface area contributed by atoms with Crippen molar-refractivity contribution in [2.45, 2.75) is 45.4 Å². The molecule has 1 amide bonds. The first-order chi connectivity index (χ1) is 14.5. The largest absolute Gasteiger partial charge is 0.356 e. The maximum atomic E-state index is 13.8. The van der Waals surface area contributed by atoms with Crippen molar-refractivity contribution < 1.29 is 13.7 Å². The molecule has 3 aromatic rings. The zero-order chi connectivity index (χ0) is 21.1. The fraction of sp³-hybridized carbons (Fsp3) is 0.391. The van der Waals surface area contributed by atoms with Crippen molar-refractivity contribution in [1.29, 1.82) is 0 Å². The molecule has 2 heterocycles. The first-order valence-electron chi connectivity index (χ1n) is 10.3. The highest BCUT2D eigenvalue weighted by molar-refractivity contribution is 5.94. The molecule has 0 bridgehead atoms. The van der Waals surface area contributed by atoms with E-state index in [4.69, 9.17) is 9.51 Å². The number of amides is 1. The van der Waals surface area contributed by atoms with Gasteiger partial charge in [-0.1, -0.05) is 17.3 Å². The molecule has 0 saturated heterocycles. The molecule has 1 saturated carbocycles. The Morgan fingerprint density at radius 1 is 1.20 bits per heavy atom. The van der Waals surface area contributed by atoms with Crippen molar-refractivity contribution in [1.82, 2.24) is 20.4 Å². The minimum Gasteiger partial charge on any atom is -0.356 e. The van der Waals surface area contributed by atoms with E-state index in [2.05, 4.69) is 15.5 Å². The normalized spacial score (nSPS) is 18.9. The van der Waals surface area contributed by atoms with Gasteiger partial charge < -0.3 is 9.84 Å². The third-order valence-corrected chi connectivity index (χ3v) is 5.74. The summed E-state index contributed by atoms with van der Waals surface area (Å²) in [6.45, 7) is 4.34. The van der Waals surface area contributed by atoms with Gasteiger partial charge in [0, 0.05) is 24.7 Å². The van der Waals surface area contributed by atoms with Gasteiger partial charge in [0.25, 0.3) is 5.91 Å². The Morgan fingerprint density at radius 2 is 1.97 bits per heavy atom. The van der Waals surface area contributed by atoms with E-state index in [-0.39, 0.29) is 11.5 Å². The summed E-state index contributed by atoms with van der Waals surface area (Å²) in [5.74, 6) is 1.27. The third kappa shape index (κ3) is 4.40. The molecule has 1 aliphatic carbocycles. The number of carbonyl (C=O) groups excluding carboxylic acids is 1. The summed E-state index contributed by atoms with van der Waals surface area (Å²) in [6.07, 6.45) is 5.70. The lowest BCUT2D eigenvalue weighted by Gasteiger charge is -2.29. The lowest BCUT2D eigenvalue weighted by atomic mass is 9.79. The highest BCUT2D eigenvalue weighted by atomic mass is 19.1. The van der Waals surface area contributed by atoms with Gasteiger partial charge in [-0.2, -0.15) is 0 Å². The monoisotopic (exact) mass is 408 g/mol. The molecule has 1 N–H and O–H groups in total. The van der Waals surface area contributed by atoms with E-state index < -0.39 is 5.82 Å². The van der Waals surface area contributed by atoms with Crippen LogP contribution >= 0.6 is 0 Å². The molecule has 1 fully saturated rings. The second-order valence-electron chi connectivity index (χ2n) is 7.96. The summed E-state index contributed by atoms with van der Waals surface area (Å²) in [5.41, 5.74) is 2.82. The van der Waals surface area contributed by atoms with E-state index in [9.17, 15) is 9.18 Å². The quantitative estimate of drug-likeness (QED) is 0.668. The number of halogens is 1. The van der Waals surface area contributed by atoms with Crippen LogP contribution in [0.3, 0.4) is 0 Å². The molecule has 6 nitrogen and oxygen atoms in total. The predicted octanol–water partition coefficient (Wildman–Crippen LogP) is 4.59. The summed E-state index contributed by atoms with van der Waals surface area (Å²) in [7, 11) is 0. The molecule has 4 rings (SSSR count). The van der Waals surface area contributed by atoms with Crippen molar-refractivity contribution in [3.63, 3.8) is 0 Å². The Bertz CT molecular complexity index is 1040. The summed E-state index contributed by atoms with van der Waals surface area (Å²) in [4.78, 5) is 21.3. The van der Waals surface area contributed by atoms with Crippen LogP contribution in [-0.4, -0.2) is 27.6 Å². The fourth-order valence-corrected chi connectivity index (χ4v) is 4.10. The number of nitrogens with zero attached hydrogens (tertiary/aromatic N) is 3. The third-order valence-electron chi connectivity index (χ3n) is 5.74. The van der Waals surface area contributed by atoms with E-state index >= 15 is 0 Å². The average molecular weight is 408 g/mol. The van der Waals surface area contributed by atoms with Crippen LogP contribution in [0.5, 0.6) is 0 Å². The molecule has 0 aliphatic heterocycles. The molecule has 30 heavy (non-hydrogen) atoms. The number of aromatic nitrogens is 3. The van der Waals surface area contributed by atoms with Crippen molar-refractivity contribution >= 4 is 5.91 Å². The van der Waals surface area contributed by atoms with E-state index in [1.807, 2.05) is 26.1 Å². The van der Waals surface area contributed by atoms with Gasteiger partial charge in [0.2, 0.25) is 0 Å². The highest BCUT2D eigenvalue weighted by Gasteiger charge is 2.27. The number of benzene rings is 1. The van der Waals surface area contributed by atoms with Crippen LogP contribution in [0.4, 0.5) is 4.39 Å². The summed E-state index contributed by atoms with van der Waals surface area (Å²) >= 11 is 0. The zero-order valence-electron chi connectivity index (χ0n) is 17.2. The van der Waals surface area contributed by atoms with Crippen molar-refractivity contribution in [2.75, 3.05) is 6.54 Å². The topological polar surface area (TPSA) is 80.9 Å². The van der Waals surface area contributed by atoms with Crippen LogP contribution in [0.2, 0.25) is 0 Å².